The Labute approximate surface area is 101 Å². The summed E-state index contributed by atoms with van der Waals surface area (Å²) in [6.07, 6.45) is -0.286. The first-order chi connectivity index (χ1) is 8.33. The third kappa shape index (κ3) is 2.04. The molecule has 3 rings (SSSR count). The third-order valence-electron chi connectivity index (χ3n) is 2.91. The highest BCUT2D eigenvalue weighted by Gasteiger charge is 2.21. The first kappa shape index (κ1) is 10.4. The van der Waals surface area contributed by atoms with Crippen LogP contribution in [0.5, 0.6) is 5.75 Å². The predicted octanol–water partition coefficient (Wildman–Crippen LogP) is 3.60. The van der Waals surface area contributed by atoms with E-state index < -0.39 is 0 Å². The van der Waals surface area contributed by atoms with Crippen LogP contribution in [-0.2, 0) is 11.3 Å². The Morgan fingerprint density at radius 1 is 1.06 bits per heavy atom. The van der Waals surface area contributed by atoms with Gasteiger partial charge in [0.05, 0.1) is 6.61 Å². The minimum Gasteiger partial charge on any atom is -0.460 e. The van der Waals surface area contributed by atoms with E-state index in [1.807, 2.05) is 36.4 Å². The summed E-state index contributed by atoms with van der Waals surface area (Å²) in [5.41, 5.74) is 3.41. The normalized spacial score (nSPS) is 18.3. The van der Waals surface area contributed by atoms with Gasteiger partial charge in [0.1, 0.15) is 5.75 Å². The van der Waals surface area contributed by atoms with Crippen LogP contribution >= 0.6 is 0 Å². The summed E-state index contributed by atoms with van der Waals surface area (Å²) < 4.78 is 11.6. The summed E-state index contributed by atoms with van der Waals surface area (Å²) in [6.45, 7) is 2.68. The van der Waals surface area contributed by atoms with E-state index in [-0.39, 0.29) is 6.29 Å². The zero-order valence-electron chi connectivity index (χ0n) is 9.72. The number of ether oxygens (including phenoxy) is 2. The van der Waals surface area contributed by atoms with Crippen molar-refractivity contribution in [3.8, 4) is 5.75 Å². The van der Waals surface area contributed by atoms with E-state index in [4.69, 9.17) is 9.47 Å². The Bertz CT molecular complexity index is 520. The molecule has 1 aliphatic heterocycles. The van der Waals surface area contributed by atoms with Gasteiger partial charge in [0, 0.05) is 11.1 Å². The van der Waals surface area contributed by atoms with Gasteiger partial charge in [-0.15, -0.1) is 0 Å². The maximum absolute atomic E-state index is 5.85. The molecule has 1 atom stereocenters. The summed E-state index contributed by atoms with van der Waals surface area (Å²) in [7, 11) is 0. The lowest BCUT2D eigenvalue weighted by atomic mass is 10.1. The summed E-state index contributed by atoms with van der Waals surface area (Å²) in [4.78, 5) is 0. The van der Waals surface area contributed by atoms with E-state index >= 15 is 0 Å². The molecule has 0 aliphatic carbocycles. The van der Waals surface area contributed by atoms with Gasteiger partial charge < -0.3 is 9.47 Å². The molecule has 1 aliphatic rings. The second kappa shape index (κ2) is 4.22. The van der Waals surface area contributed by atoms with E-state index in [2.05, 4.69) is 19.1 Å². The van der Waals surface area contributed by atoms with Crippen LogP contribution in [0.15, 0.2) is 48.5 Å². The van der Waals surface area contributed by atoms with E-state index in [0.717, 1.165) is 16.9 Å². The Morgan fingerprint density at radius 3 is 2.71 bits per heavy atom. The number of hydrogen-bond acceptors (Lipinski definition) is 2. The van der Waals surface area contributed by atoms with Crippen molar-refractivity contribution in [1.29, 1.82) is 0 Å². The van der Waals surface area contributed by atoms with E-state index in [1.165, 1.54) is 5.56 Å². The lowest BCUT2D eigenvalue weighted by Crippen LogP contribution is -2.17. The van der Waals surface area contributed by atoms with Gasteiger partial charge in [0.25, 0.3) is 0 Å². The minimum atomic E-state index is -0.286. The molecule has 0 radical (unpaired) electrons. The van der Waals surface area contributed by atoms with E-state index in [0.29, 0.717) is 6.61 Å². The average Bonchev–Trinajstić information content (AvgIpc) is 2.39. The molecule has 1 unspecified atom stereocenters. The molecule has 86 valence electrons. The predicted molar refractivity (Wildman–Crippen MR) is 65.8 cm³/mol. The molecule has 2 heteroatoms. The molecule has 0 N–H and O–H groups in total. The fraction of sp³-hybridized carbons (Fsp3) is 0.200. The van der Waals surface area contributed by atoms with Gasteiger partial charge in [-0.05, 0) is 13.0 Å². The van der Waals surface area contributed by atoms with Crippen LogP contribution in [0.3, 0.4) is 0 Å². The van der Waals surface area contributed by atoms with Crippen LogP contribution in [-0.4, -0.2) is 0 Å². The lowest BCUT2D eigenvalue weighted by molar-refractivity contribution is -0.111. The standard InChI is InChI=1S/C15H14O2/c1-11-7-8-14-13(9-11)10-16-15(17-14)12-5-3-2-4-6-12/h2-9,15H,10H2,1H3. The van der Waals surface area contributed by atoms with Crippen LogP contribution < -0.4 is 4.74 Å². The second-order valence-corrected chi connectivity index (χ2v) is 4.28. The summed E-state index contributed by atoms with van der Waals surface area (Å²) in [6, 6.07) is 16.2. The lowest BCUT2D eigenvalue weighted by Gasteiger charge is -2.26. The number of aryl methyl sites for hydroxylation is 1. The number of benzene rings is 2. The van der Waals surface area contributed by atoms with Crippen molar-refractivity contribution in [2.24, 2.45) is 0 Å². The largest absolute Gasteiger partial charge is 0.460 e. The number of hydrogen-bond donors (Lipinski definition) is 0. The van der Waals surface area contributed by atoms with Crippen molar-refractivity contribution in [3.63, 3.8) is 0 Å². The molecule has 2 aromatic rings. The molecule has 0 saturated heterocycles. The molecule has 2 aromatic carbocycles. The Kier molecular flexibility index (Phi) is 2.57. The van der Waals surface area contributed by atoms with Gasteiger partial charge >= 0.3 is 0 Å². The molecule has 0 bridgehead atoms. The monoisotopic (exact) mass is 226 g/mol. The Hall–Kier alpha value is -1.80. The van der Waals surface area contributed by atoms with Crippen LogP contribution in [0.4, 0.5) is 0 Å². The fourth-order valence-corrected chi connectivity index (χ4v) is 2.03. The van der Waals surface area contributed by atoms with Crippen molar-refractivity contribution in [2.45, 2.75) is 19.8 Å². The van der Waals surface area contributed by atoms with Crippen LogP contribution in [0.25, 0.3) is 0 Å². The van der Waals surface area contributed by atoms with Gasteiger partial charge in [-0.2, -0.15) is 0 Å². The number of rotatable bonds is 1. The topological polar surface area (TPSA) is 18.5 Å². The quantitative estimate of drug-likeness (QED) is 0.739. The molecule has 0 fully saturated rings. The minimum absolute atomic E-state index is 0.286. The van der Waals surface area contributed by atoms with Crippen molar-refractivity contribution >= 4 is 0 Å². The third-order valence-corrected chi connectivity index (χ3v) is 2.91. The maximum atomic E-state index is 5.85. The van der Waals surface area contributed by atoms with E-state index in [9.17, 15) is 0 Å². The van der Waals surface area contributed by atoms with Gasteiger partial charge in [-0.25, -0.2) is 0 Å². The van der Waals surface area contributed by atoms with Crippen LogP contribution in [0, 0.1) is 6.92 Å². The molecular weight excluding hydrogens is 212 g/mol. The summed E-state index contributed by atoms with van der Waals surface area (Å²) in [5, 5.41) is 0. The highest BCUT2D eigenvalue weighted by Crippen LogP contribution is 2.33. The molecule has 0 spiro atoms. The SMILES string of the molecule is Cc1ccc2c(c1)COC(c1ccccc1)O2. The molecule has 0 saturated carbocycles. The molecular formula is C15H14O2. The highest BCUT2D eigenvalue weighted by atomic mass is 16.7. The van der Waals surface area contributed by atoms with Gasteiger partial charge in [-0.3, -0.25) is 0 Å². The average molecular weight is 226 g/mol. The zero-order valence-corrected chi connectivity index (χ0v) is 9.72. The van der Waals surface area contributed by atoms with Crippen molar-refractivity contribution in [3.05, 3.63) is 65.2 Å². The smallest absolute Gasteiger partial charge is 0.227 e. The van der Waals surface area contributed by atoms with Gasteiger partial charge in [0.2, 0.25) is 6.29 Å². The van der Waals surface area contributed by atoms with Crippen molar-refractivity contribution < 1.29 is 9.47 Å². The van der Waals surface area contributed by atoms with E-state index in [1.54, 1.807) is 0 Å². The summed E-state index contributed by atoms with van der Waals surface area (Å²) in [5.74, 6) is 0.927. The fourth-order valence-electron chi connectivity index (χ4n) is 2.03. The summed E-state index contributed by atoms with van der Waals surface area (Å²) >= 11 is 0. The first-order valence-electron chi connectivity index (χ1n) is 5.76. The molecule has 2 nitrogen and oxygen atoms in total. The molecule has 0 aromatic heterocycles. The van der Waals surface area contributed by atoms with Crippen LogP contribution in [0.1, 0.15) is 23.0 Å². The second-order valence-electron chi connectivity index (χ2n) is 4.28. The Balaban J connectivity index is 1.88. The van der Waals surface area contributed by atoms with Crippen LogP contribution in [0.2, 0.25) is 0 Å². The molecule has 1 heterocycles. The number of fused-ring (bicyclic) bond motifs is 1. The van der Waals surface area contributed by atoms with Crippen molar-refractivity contribution in [2.75, 3.05) is 0 Å². The maximum Gasteiger partial charge on any atom is 0.227 e. The first-order valence-corrected chi connectivity index (χ1v) is 5.76. The highest BCUT2D eigenvalue weighted by molar-refractivity contribution is 5.38. The molecule has 17 heavy (non-hydrogen) atoms. The molecule has 0 amide bonds. The zero-order chi connectivity index (χ0) is 11.7. The Morgan fingerprint density at radius 2 is 1.88 bits per heavy atom. The van der Waals surface area contributed by atoms with Crippen molar-refractivity contribution in [1.82, 2.24) is 0 Å². The van der Waals surface area contributed by atoms with Gasteiger partial charge in [-0.1, -0.05) is 48.0 Å². The van der Waals surface area contributed by atoms with Gasteiger partial charge in [0.15, 0.2) is 0 Å².